The molecule has 1 rings (SSSR count). The largest absolute Gasteiger partial charge is 0.496 e. The van der Waals surface area contributed by atoms with Crippen molar-refractivity contribution in [2.75, 3.05) is 19.4 Å². The van der Waals surface area contributed by atoms with E-state index in [1.807, 2.05) is 0 Å². The minimum Gasteiger partial charge on any atom is -0.496 e. The van der Waals surface area contributed by atoms with E-state index in [2.05, 4.69) is 43.9 Å². The molecular weight excluding hydrogens is 206 g/mol. The molecule has 3 heteroatoms. The van der Waals surface area contributed by atoms with Gasteiger partial charge in [-0.25, -0.2) is 0 Å². The molecule has 0 heterocycles. The van der Waals surface area contributed by atoms with Gasteiger partial charge in [0.15, 0.2) is 0 Å². The predicted octanol–water partition coefficient (Wildman–Crippen LogP) is 2.33. The highest BCUT2D eigenvalue weighted by Crippen LogP contribution is 2.24. The maximum atomic E-state index is 5.32. The van der Waals surface area contributed by atoms with Gasteiger partial charge in [-0.2, -0.15) is 12.6 Å². The second-order valence-electron chi connectivity index (χ2n) is 3.66. The Morgan fingerprint density at radius 1 is 1.27 bits per heavy atom. The van der Waals surface area contributed by atoms with Gasteiger partial charge in [-0.3, -0.25) is 0 Å². The molecule has 0 saturated heterocycles. The van der Waals surface area contributed by atoms with Crippen LogP contribution in [0, 0.1) is 13.8 Å². The molecule has 0 amide bonds. The molecule has 0 spiro atoms. The number of hydrogen-bond acceptors (Lipinski definition) is 3. The van der Waals surface area contributed by atoms with Crippen LogP contribution in [-0.4, -0.2) is 19.4 Å². The molecule has 0 aliphatic carbocycles. The van der Waals surface area contributed by atoms with Gasteiger partial charge in [0.2, 0.25) is 0 Å². The van der Waals surface area contributed by atoms with Gasteiger partial charge in [-0.15, -0.1) is 0 Å². The van der Waals surface area contributed by atoms with E-state index in [4.69, 9.17) is 4.74 Å². The van der Waals surface area contributed by atoms with Crippen molar-refractivity contribution in [2.45, 2.75) is 20.4 Å². The summed E-state index contributed by atoms with van der Waals surface area (Å²) in [4.78, 5) is 0. The molecule has 0 bridgehead atoms. The van der Waals surface area contributed by atoms with Crippen LogP contribution >= 0.6 is 12.6 Å². The Morgan fingerprint density at radius 3 is 2.33 bits per heavy atom. The van der Waals surface area contributed by atoms with E-state index in [-0.39, 0.29) is 0 Å². The lowest BCUT2D eigenvalue weighted by atomic mass is 10.1. The summed E-state index contributed by atoms with van der Waals surface area (Å²) in [7, 11) is 1.72. The summed E-state index contributed by atoms with van der Waals surface area (Å²) in [6.07, 6.45) is 0. The van der Waals surface area contributed by atoms with E-state index in [0.29, 0.717) is 0 Å². The van der Waals surface area contributed by atoms with E-state index < -0.39 is 0 Å². The summed E-state index contributed by atoms with van der Waals surface area (Å²) in [5, 5.41) is 3.33. The van der Waals surface area contributed by atoms with Crippen LogP contribution in [0.4, 0.5) is 0 Å². The zero-order valence-electron chi connectivity index (χ0n) is 9.63. The summed E-state index contributed by atoms with van der Waals surface area (Å²) in [6, 6.07) is 4.33. The SMILES string of the molecule is COc1c(C)cc(CNCCS)cc1C. The van der Waals surface area contributed by atoms with Gasteiger partial charge in [-0.05, 0) is 30.5 Å². The van der Waals surface area contributed by atoms with Crippen LogP contribution in [0.1, 0.15) is 16.7 Å². The molecule has 1 aromatic carbocycles. The van der Waals surface area contributed by atoms with Crippen LogP contribution < -0.4 is 10.1 Å². The van der Waals surface area contributed by atoms with Crippen molar-refractivity contribution >= 4 is 12.6 Å². The Kier molecular flexibility index (Phi) is 4.99. The predicted molar refractivity (Wildman–Crippen MR) is 68.0 cm³/mol. The smallest absolute Gasteiger partial charge is 0.124 e. The van der Waals surface area contributed by atoms with Gasteiger partial charge >= 0.3 is 0 Å². The number of ether oxygens (including phenoxy) is 1. The number of thiol groups is 1. The molecule has 0 saturated carbocycles. The molecule has 0 unspecified atom stereocenters. The van der Waals surface area contributed by atoms with Gasteiger partial charge in [0, 0.05) is 18.8 Å². The molecule has 2 nitrogen and oxygen atoms in total. The van der Waals surface area contributed by atoms with E-state index >= 15 is 0 Å². The maximum absolute atomic E-state index is 5.32. The number of hydrogen-bond donors (Lipinski definition) is 2. The van der Waals surface area contributed by atoms with E-state index in [0.717, 1.165) is 24.6 Å². The van der Waals surface area contributed by atoms with Crippen molar-refractivity contribution < 1.29 is 4.74 Å². The third kappa shape index (κ3) is 3.43. The molecule has 0 aliphatic rings. The first-order valence-electron chi connectivity index (χ1n) is 5.14. The highest BCUT2D eigenvalue weighted by molar-refractivity contribution is 7.80. The lowest BCUT2D eigenvalue weighted by Gasteiger charge is -2.11. The third-order valence-corrected chi connectivity index (χ3v) is 2.57. The Balaban J connectivity index is 2.75. The summed E-state index contributed by atoms with van der Waals surface area (Å²) in [5.41, 5.74) is 3.69. The first-order chi connectivity index (χ1) is 7.19. The van der Waals surface area contributed by atoms with Gasteiger partial charge < -0.3 is 10.1 Å². The number of aryl methyl sites for hydroxylation is 2. The zero-order chi connectivity index (χ0) is 11.3. The van der Waals surface area contributed by atoms with Crippen molar-refractivity contribution in [1.82, 2.24) is 5.32 Å². The quantitative estimate of drug-likeness (QED) is 0.593. The topological polar surface area (TPSA) is 21.3 Å². The lowest BCUT2D eigenvalue weighted by molar-refractivity contribution is 0.408. The van der Waals surface area contributed by atoms with E-state index in [1.165, 1.54) is 16.7 Å². The second-order valence-corrected chi connectivity index (χ2v) is 4.11. The number of nitrogens with one attached hydrogen (secondary N) is 1. The Labute approximate surface area is 97.4 Å². The maximum Gasteiger partial charge on any atom is 0.124 e. The highest BCUT2D eigenvalue weighted by Gasteiger charge is 2.04. The molecule has 0 atom stereocenters. The average Bonchev–Trinajstić information content (AvgIpc) is 2.18. The number of benzene rings is 1. The zero-order valence-corrected chi connectivity index (χ0v) is 10.5. The Bertz CT molecular complexity index is 302. The first kappa shape index (κ1) is 12.4. The normalized spacial score (nSPS) is 10.4. The molecule has 0 aromatic heterocycles. The first-order valence-corrected chi connectivity index (χ1v) is 5.78. The average molecular weight is 225 g/mol. The Morgan fingerprint density at radius 2 is 1.87 bits per heavy atom. The summed E-state index contributed by atoms with van der Waals surface area (Å²) < 4.78 is 5.32. The lowest BCUT2D eigenvalue weighted by Crippen LogP contribution is -2.15. The van der Waals surface area contributed by atoms with Crippen molar-refractivity contribution in [2.24, 2.45) is 0 Å². The van der Waals surface area contributed by atoms with Crippen molar-refractivity contribution in [3.63, 3.8) is 0 Å². The second kappa shape index (κ2) is 6.03. The van der Waals surface area contributed by atoms with Crippen LogP contribution in [0.25, 0.3) is 0 Å². The highest BCUT2D eigenvalue weighted by atomic mass is 32.1. The summed E-state index contributed by atoms with van der Waals surface area (Å²) in [6.45, 7) is 5.99. The molecule has 1 N–H and O–H groups in total. The third-order valence-electron chi connectivity index (χ3n) is 2.34. The minimum atomic E-state index is 0.869. The van der Waals surface area contributed by atoms with Crippen molar-refractivity contribution in [3.8, 4) is 5.75 Å². The van der Waals surface area contributed by atoms with Crippen LogP contribution in [0.15, 0.2) is 12.1 Å². The van der Waals surface area contributed by atoms with Crippen LogP contribution in [0.5, 0.6) is 5.75 Å². The number of rotatable bonds is 5. The van der Waals surface area contributed by atoms with Gasteiger partial charge in [0.05, 0.1) is 7.11 Å². The Hall–Kier alpha value is -0.670. The van der Waals surface area contributed by atoms with Gasteiger partial charge in [0.25, 0.3) is 0 Å². The fourth-order valence-electron chi connectivity index (χ4n) is 1.78. The number of methoxy groups -OCH3 is 1. The molecule has 15 heavy (non-hydrogen) atoms. The fourth-order valence-corrected chi connectivity index (χ4v) is 1.93. The van der Waals surface area contributed by atoms with Gasteiger partial charge in [0.1, 0.15) is 5.75 Å². The molecule has 0 aliphatic heterocycles. The van der Waals surface area contributed by atoms with Crippen LogP contribution in [0.2, 0.25) is 0 Å². The molecule has 1 aromatic rings. The summed E-state index contributed by atoms with van der Waals surface area (Å²) >= 11 is 4.16. The molecule has 0 radical (unpaired) electrons. The van der Waals surface area contributed by atoms with Crippen LogP contribution in [0.3, 0.4) is 0 Å². The van der Waals surface area contributed by atoms with E-state index in [1.54, 1.807) is 7.11 Å². The molecule has 0 fully saturated rings. The molecule has 84 valence electrons. The fraction of sp³-hybridized carbons (Fsp3) is 0.500. The summed E-state index contributed by atoms with van der Waals surface area (Å²) in [5.74, 6) is 1.86. The van der Waals surface area contributed by atoms with Gasteiger partial charge in [-0.1, -0.05) is 12.1 Å². The van der Waals surface area contributed by atoms with E-state index in [9.17, 15) is 0 Å². The monoisotopic (exact) mass is 225 g/mol. The minimum absolute atomic E-state index is 0.869. The standard InChI is InChI=1S/C12H19NOS/c1-9-6-11(8-13-4-5-15)7-10(2)12(9)14-3/h6-7,13,15H,4-5,8H2,1-3H3. The molecular formula is C12H19NOS. The van der Waals surface area contributed by atoms with Crippen LogP contribution in [-0.2, 0) is 6.54 Å². The van der Waals surface area contributed by atoms with Crippen molar-refractivity contribution in [3.05, 3.63) is 28.8 Å². The van der Waals surface area contributed by atoms with Crippen molar-refractivity contribution in [1.29, 1.82) is 0 Å².